The van der Waals surface area contributed by atoms with Crippen LogP contribution in [0.4, 0.5) is 0 Å². The number of esters is 1. The molecule has 0 unspecified atom stereocenters. The second kappa shape index (κ2) is 6.92. The lowest BCUT2D eigenvalue weighted by atomic mass is 9.56. The lowest BCUT2D eigenvalue weighted by Crippen LogP contribution is -2.41. The van der Waals surface area contributed by atoms with Gasteiger partial charge in [-0.25, -0.2) is 0 Å². The van der Waals surface area contributed by atoms with Crippen molar-refractivity contribution in [3.63, 3.8) is 0 Å². The van der Waals surface area contributed by atoms with E-state index >= 15 is 0 Å². The molecular formula is C24H29NO2. The first-order chi connectivity index (χ1) is 13.2. The van der Waals surface area contributed by atoms with Crippen molar-refractivity contribution in [1.29, 1.82) is 0 Å². The van der Waals surface area contributed by atoms with Gasteiger partial charge >= 0.3 is 5.97 Å². The molecule has 0 bridgehead atoms. The summed E-state index contributed by atoms with van der Waals surface area (Å²) < 4.78 is 5.51. The van der Waals surface area contributed by atoms with Gasteiger partial charge in [-0.1, -0.05) is 23.8 Å². The average molecular weight is 364 g/mol. The van der Waals surface area contributed by atoms with Crippen molar-refractivity contribution in [2.45, 2.75) is 58.0 Å². The standard InChI is InChI=1S/C24H29NO2/c1-15(26)27-18-5-7-19-16(13-18)4-6-23-21(19)10-11-22-20(8-9-24(22)23)17-3-2-12-25-14-17/h2-4,8,12,14,18-19,21-24H,5-7,9-11,13H2,1H3/t18-,19-,21+,22+,23+,24+/m0/s1. The number of fused-ring (bicyclic) bond motifs is 5. The highest BCUT2D eigenvalue weighted by molar-refractivity contribution is 5.69. The van der Waals surface area contributed by atoms with Crippen LogP contribution in [0.15, 0.2) is 42.3 Å². The molecule has 3 heteroatoms. The number of carbonyl (C=O) groups excluding carboxylic acids is 1. The summed E-state index contributed by atoms with van der Waals surface area (Å²) in [5, 5.41) is 0. The first-order valence-electron chi connectivity index (χ1n) is 10.7. The zero-order valence-corrected chi connectivity index (χ0v) is 16.1. The van der Waals surface area contributed by atoms with Crippen molar-refractivity contribution in [2.24, 2.45) is 29.6 Å². The van der Waals surface area contributed by atoms with E-state index in [4.69, 9.17) is 4.74 Å². The summed E-state index contributed by atoms with van der Waals surface area (Å²) >= 11 is 0. The number of rotatable bonds is 2. The molecule has 4 aliphatic carbocycles. The second-order valence-corrected chi connectivity index (χ2v) is 8.95. The predicted octanol–water partition coefficient (Wildman–Crippen LogP) is 5.19. The fraction of sp³-hybridized carbons (Fsp3) is 0.583. The van der Waals surface area contributed by atoms with E-state index in [0.29, 0.717) is 0 Å². The summed E-state index contributed by atoms with van der Waals surface area (Å²) in [6, 6.07) is 4.29. The molecule has 3 nitrogen and oxygen atoms in total. The topological polar surface area (TPSA) is 39.2 Å². The Morgan fingerprint density at radius 2 is 1.89 bits per heavy atom. The van der Waals surface area contributed by atoms with Gasteiger partial charge in [-0.3, -0.25) is 9.78 Å². The van der Waals surface area contributed by atoms with Crippen LogP contribution in [0.2, 0.25) is 0 Å². The predicted molar refractivity (Wildman–Crippen MR) is 106 cm³/mol. The summed E-state index contributed by atoms with van der Waals surface area (Å²) in [5.74, 6) is 3.80. The molecule has 0 spiro atoms. The number of carbonyl (C=O) groups is 1. The van der Waals surface area contributed by atoms with E-state index < -0.39 is 0 Å². The Hall–Kier alpha value is -1.90. The molecule has 1 heterocycles. The molecule has 1 aromatic heterocycles. The Kier molecular flexibility index (Phi) is 4.41. The van der Waals surface area contributed by atoms with Gasteiger partial charge in [0.2, 0.25) is 0 Å². The van der Waals surface area contributed by atoms with Gasteiger partial charge in [0.15, 0.2) is 0 Å². The van der Waals surface area contributed by atoms with E-state index in [0.717, 1.165) is 42.4 Å². The van der Waals surface area contributed by atoms with Crippen LogP contribution in [0, 0.1) is 29.6 Å². The summed E-state index contributed by atoms with van der Waals surface area (Å²) in [7, 11) is 0. The number of ether oxygens (including phenoxy) is 1. The van der Waals surface area contributed by atoms with Gasteiger partial charge in [0.05, 0.1) is 0 Å². The van der Waals surface area contributed by atoms with Crippen molar-refractivity contribution in [1.82, 2.24) is 4.98 Å². The number of hydrogen-bond acceptors (Lipinski definition) is 3. The largest absolute Gasteiger partial charge is 0.462 e. The SMILES string of the molecule is CC(=O)O[C@H]1CC[C@H]2C(=CC[C@H]3[C@@H]4CC=C(c5cccnc5)[C@H]4CC[C@@H]32)C1. The highest BCUT2D eigenvalue weighted by Crippen LogP contribution is 2.57. The van der Waals surface area contributed by atoms with E-state index in [1.807, 2.05) is 12.4 Å². The fourth-order valence-electron chi connectivity index (χ4n) is 6.68. The maximum atomic E-state index is 11.3. The third kappa shape index (κ3) is 3.05. The zero-order valence-electron chi connectivity index (χ0n) is 16.1. The fourth-order valence-corrected chi connectivity index (χ4v) is 6.68. The summed E-state index contributed by atoms with van der Waals surface area (Å²) in [4.78, 5) is 15.7. The highest BCUT2D eigenvalue weighted by Gasteiger charge is 2.48. The minimum Gasteiger partial charge on any atom is -0.462 e. The van der Waals surface area contributed by atoms with E-state index in [9.17, 15) is 4.79 Å². The Labute approximate surface area is 161 Å². The van der Waals surface area contributed by atoms with Crippen LogP contribution >= 0.6 is 0 Å². The number of pyridine rings is 1. The van der Waals surface area contributed by atoms with Gasteiger partial charge in [0, 0.05) is 25.7 Å². The molecular weight excluding hydrogens is 334 g/mol. The van der Waals surface area contributed by atoms with Gasteiger partial charge in [0.1, 0.15) is 6.10 Å². The molecule has 142 valence electrons. The monoisotopic (exact) mass is 363 g/mol. The Morgan fingerprint density at radius 3 is 2.70 bits per heavy atom. The molecule has 1 aromatic rings. The summed E-state index contributed by atoms with van der Waals surface area (Å²) in [6.07, 6.45) is 17.4. The minimum absolute atomic E-state index is 0.114. The van der Waals surface area contributed by atoms with Gasteiger partial charge in [-0.2, -0.15) is 0 Å². The molecule has 0 aromatic carbocycles. The van der Waals surface area contributed by atoms with Crippen molar-refractivity contribution in [3.05, 3.63) is 47.8 Å². The Bertz CT molecular complexity index is 781. The Balaban J connectivity index is 1.33. The van der Waals surface area contributed by atoms with Crippen LogP contribution in [-0.4, -0.2) is 17.1 Å². The Morgan fingerprint density at radius 1 is 1.04 bits per heavy atom. The second-order valence-electron chi connectivity index (χ2n) is 8.95. The first kappa shape index (κ1) is 17.2. The van der Waals surface area contributed by atoms with Gasteiger partial charge in [-0.15, -0.1) is 0 Å². The van der Waals surface area contributed by atoms with E-state index in [1.165, 1.54) is 44.6 Å². The maximum Gasteiger partial charge on any atom is 0.302 e. The smallest absolute Gasteiger partial charge is 0.302 e. The van der Waals surface area contributed by atoms with E-state index in [2.05, 4.69) is 29.3 Å². The molecule has 2 saturated carbocycles. The molecule has 0 N–H and O–H groups in total. The lowest BCUT2D eigenvalue weighted by Gasteiger charge is -2.49. The molecule has 0 amide bonds. The number of nitrogens with zero attached hydrogens (tertiary/aromatic N) is 1. The minimum atomic E-state index is -0.131. The van der Waals surface area contributed by atoms with Crippen LogP contribution in [0.3, 0.4) is 0 Å². The van der Waals surface area contributed by atoms with Crippen molar-refractivity contribution in [3.8, 4) is 0 Å². The van der Waals surface area contributed by atoms with Crippen molar-refractivity contribution in [2.75, 3.05) is 0 Å². The molecule has 27 heavy (non-hydrogen) atoms. The van der Waals surface area contributed by atoms with Gasteiger partial charge in [0.25, 0.3) is 0 Å². The average Bonchev–Trinajstić information content (AvgIpc) is 3.12. The molecule has 0 aliphatic heterocycles. The van der Waals surface area contributed by atoms with Gasteiger partial charge < -0.3 is 4.74 Å². The quantitative estimate of drug-likeness (QED) is 0.536. The van der Waals surface area contributed by atoms with Crippen LogP contribution in [-0.2, 0) is 9.53 Å². The van der Waals surface area contributed by atoms with Crippen molar-refractivity contribution >= 4 is 11.5 Å². The van der Waals surface area contributed by atoms with E-state index in [1.54, 1.807) is 11.1 Å². The highest BCUT2D eigenvalue weighted by atomic mass is 16.5. The molecule has 6 atom stereocenters. The number of allylic oxidation sites excluding steroid dienone is 3. The lowest BCUT2D eigenvalue weighted by molar-refractivity contribution is -0.147. The number of aromatic nitrogens is 1. The molecule has 2 fully saturated rings. The van der Waals surface area contributed by atoms with Crippen molar-refractivity contribution < 1.29 is 9.53 Å². The summed E-state index contributed by atoms with van der Waals surface area (Å²) in [6.45, 7) is 1.53. The maximum absolute atomic E-state index is 11.3. The van der Waals surface area contributed by atoms with Crippen LogP contribution in [0.1, 0.15) is 57.4 Å². The first-order valence-corrected chi connectivity index (χ1v) is 10.7. The molecule has 4 aliphatic rings. The van der Waals surface area contributed by atoms with Crippen LogP contribution in [0.5, 0.6) is 0 Å². The number of hydrogen-bond donors (Lipinski definition) is 0. The van der Waals surface area contributed by atoms with Crippen LogP contribution in [0.25, 0.3) is 5.57 Å². The van der Waals surface area contributed by atoms with Crippen LogP contribution < -0.4 is 0 Å². The van der Waals surface area contributed by atoms with E-state index in [-0.39, 0.29) is 12.1 Å². The van der Waals surface area contributed by atoms with Gasteiger partial charge in [-0.05, 0) is 85.3 Å². The third-order valence-electron chi connectivity index (χ3n) is 7.67. The normalized spacial score (nSPS) is 37.4. The molecule has 0 radical (unpaired) electrons. The molecule has 5 rings (SSSR count). The summed E-state index contributed by atoms with van der Waals surface area (Å²) in [5.41, 5.74) is 4.47. The zero-order chi connectivity index (χ0) is 18.4. The molecule has 0 saturated heterocycles. The third-order valence-corrected chi connectivity index (χ3v) is 7.67.